The zero-order chi connectivity index (χ0) is 18.7. The molecule has 0 fully saturated rings. The van der Waals surface area contributed by atoms with Gasteiger partial charge in [-0.05, 0) is 67.0 Å². The van der Waals surface area contributed by atoms with Gasteiger partial charge in [0.25, 0.3) is 0 Å². The van der Waals surface area contributed by atoms with Crippen LogP contribution >= 0.6 is 0 Å². The van der Waals surface area contributed by atoms with E-state index in [9.17, 15) is 0 Å². The highest BCUT2D eigenvalue weighted by Crippen LogP contribution is 2.33. The van der Waals surface area contributed by atoms with Crippen molar-refractivity contribution in [3.05, 3.63) is 47.3 Å². The Bertz CT molecular complexity index is 775. The van der Waals surface area contributed by atoms with Crippen LogP contribution in [0.15, 0.2) is 24.8 Å². The molecule has 0 aliphatic carbocycles. The minimum absolute atomic E-state index is 0.401. The highest BCUT2D eigenvalue weighted by Gasteiger charge is 2.16. The van der Waals surface area contributed by atoms with E-state index in [-0.39, 0.29) is 0 Å². The predicted octanol–water partition coefficient (Wildman–Crippen LogP) is 5.98. The van der Waals surface area contributed by atoms with Crippen LogP contribution in [-0.2, 0) is 0 Å². The highest BCUT2D eigenvalue weighted by atomic mass is 15.0. The lowest BCUT2D eigenvalue weighted by Gasteiger charge is -2.18. The van der Waals surface area contributed by atoms with Crippen molar-refractivity contribution in [1.29, 1.82) is 0 Å². The Kier molecular flexibility index (Phi) is 5.99. The number of aryl methyl sites for hydroxylation is 2. The summed E-state index contributed by atoms with van der Waals surface area (Å²) in [6, 6.07) is 6.46. The van der Waals surface area contributed by atoms with E-state index in [1.165, 1.54) is 11.1 Å². The van der Waals surface area contributed by atoms with E-state index >= 15 is 0 Å². The maximum atomic E-state index is 4.92. The number of rotatable bonds is 6. The van der Waals surface area contributed by atoms with E-state index in [0.29, 0.717) is 11.8 Å². The Hall–Kier alpha value is -2.16. The molecular formula is C22H31N3. The quantitative estimate of drug-likeness (QED) is 0.704. The summed E-state index contributed by atoms with van der Waals surface area (Å²) >= 11 is 0. The van der Waals surface area contributed by atoms with Crippen molar-refractivity contribution in [2.45, 2.75) is 53.9 Å². The molecule has 0 aliphatic heterocycles. The van der Waals surface area contributed by atoms with Crippen LogP contribution in [0.25, 0.3) is 16.8 Å². The van der Waals surface area contributed by atoms with Gasteiger partial charge in [0, 0.05) is 24.0 Å². The van der Waals surface area contributed by atoms with Gasteiger partial charge in [0.1, 0.15) is 5.82 Å². The second-order valence-electron chi connectivity index (χ2n) is 7.16. The molecule has 0 amide bonds. The lowest BCUT2D eigenvalue weighted by Crippen LogP contribution is -2.05. The van der Waals surface area contributed by atoms with Crippen LogP contribution in [0.5, 0.6) is 0 Å². The van der Waals surface area contributed by atoms with Crippen molar-refractivity contribution in [3.8, 4) is 11.3 Å². The standard InChI is InChI=1S/C22H31N3/c1-9-14(4)16(6)19-12-15(5)21(24-17(19)7)18-10-11-20(13(2)3)25-22(18)23-8/h10-14H,6,9H2,1-5,7-8H3,(H,23,25). The maximum Gasteiger partial charge on any atom is 0.135 e. The molecule has 0 saturated carbocycles. The molecule has 2 aromatic heterocycles. The van der Waals surface area contributed by atoms with E-state index in [2.05, 4.69) is 71.6 Å². The molecule has 0 spiro atoms. The molecule has 1 atom stereocenters. The molecule has 0 aliphatic rings. The number of pyridine rings is 2. The predicted molar refractivity (Wildman–Crippen MR) is 109 cm³/mol. The molecule has 2 heterocycles. The molecule has 25 heavy (non-hydrogen) atoms. The largest absolute Gasteiger partial charge is 0.373 e. The fraction of sp³-hybridized carbons (Fsp3) is 0.455. The molecule has 0 radical (unpaired) electrons. The van der Waals surface area contributed by atoms with Crippen LogP contribution in [0.1, 0.15) is 62.5 Å². The van der Waals surface area contributed by atoms with Crippen LogP contribution < -0.4 is 5.32 Å². The van der Waals surface area contributed by atoms with Gasteiger partial charge in [0.05, 0.1) is 5.69 Å². The van der Waals surface area contributed by atoms with E-state index in [1.54, 1.807) is 0 Å². The summed E-state index contributed by atoms with van der Waals surface area (Å²) in [5.74, 6) is 1.75. The molecule has 3 heteroatoms. The van der Waals surface area contributed by atoms with Crippen LogP contribution in [-0.4, -0.2) is 17.0 Å². The third kappa shape index (κ3) is 3.92. The summed E-state index contributed by atoms with van der Waals surface area (Å²) in [5, 5.41) is 3.23. The second-order valence-corrected chi connectivity index (χ2v) is 7.16. The number of anilines is 1. The van der Waals surface area contributed by atoms with Gasteiger partial charge in [0.15, 0.2) is 0 Å². The zero-order valence-electron chi connectivity index (χ0n) is 16.7. The van der Waals surface area contributed by atoms with Crippen LogP contribution in [0.4, 0.5) is 5.82 Å². The molecule has 1 N–H and O–H groups in total. The number of nitrogens with one attached hydrogen (secondary N) is 1. The minimum Gasteiger partial charge on any atom is -0.373 e. The van der Waals surface area contributed by atoms with E-state index in [0.717, 1.165) is 40.4 Å². The molecule has 2 rings (SSSR count). The summed E-state index contributed by atoms with van der Waals surface area (Å²) in [7, 11) is 1.91. The molecule has 0 saturated heterocycles. The summed E-state index contributed by atoms with van der Waals surface area (Å²) in [6.07, 6.45) is 1.09. The van der Waals surface area contributed by atoms with E-state index < -0.39 is 0 Å². The van der Waals surface area contributed by atoms with Gasteiger partial charge in [-0.15, -0.1) is 0 Å². The third-order valence-electron chi connectivity index (χ3n) is 4.96. The molecule has 1 unspecified atom stereocenters. The second kappa shape index (κ2) is 7.81. The van der Waals surface area contributed by atoms with Crippen molar-refractivity contribution >= 4 is 11.4 Å². The summed E-state index contributed by atoms with van der Waals surface area (Å²) in [6.45, 7) is 17.2. The van der Waals surface area contributed by atoms with Crippen molar-refractivity contribution in [3.63, 3.8) is 0 Å². The zero-order valence-corrected chi connectivity index (χ0v) is 16.7. The minimum atomic E-state index is 0.401. The van der Waals surface area contributed by atoms with E-state index in [4.69, 9.17) is 9.97 Å². The van der Waals surface area contributed by atoms with Gasteiger partial charge in [0.2, 0.25) is 0 Å². The number of nitrogens with zero attached hydrogens (tertiary/aromatic N) is 2. The first-order valence-corrected chi connectivity index (χ1v) is 9.16. The first-order chi connectivity index (χ1) is 11.8. The fourth-order valence-electron chi connectivity index (χ4n) is 2.99. The highest BCUT2D eigenvalue weighted by molar-refractivity contribution is 5.77. The van der Waals surface area contributed by atoms with Crippen molar-refractivity contribution in [1.82, 2.24) is 9.97 Å². The lowest BCUT2D eigenvalue weighted by atomic mass is 9.91. The SMILES string of the molecule is C=C(c1cc(C)c(-c2ccc(C(C)C)nc2NC)nc1C)C(C)CC. The third-order valence-corrected chi connectivity index (χ3v) is 4.96. The van der Waals surface area contributed by atoms with Crippen molar-refractivity contribution < 1.29 is 0 Å². The maximum absolute atomic E-state index is 4.92. The van der Waals surface area contributed by atoms with Gasteiger partial charge in [-0.25, -0.2) is 4.98 Å². The number of aromatic nitrogens is 2. The Labute approximate surface area is 152 Å². The van der Waals surface area contributed by atoms with Gasteiger partial charge in [-0.2, -0.15) is 0 Å². The van der Waals surface area contributed by atoms with E-state index in [1.807, 2.05) is 7.05 Å². The van der Waals surface area contributed by atoms with Crippen LogP contribution in [0.2, 0.25) is 0 Å². The van der Waals surface area contributed by atoms with Crippen LogP contribution in [0.3, 0.4) is 0 Å². The molecule has 0 bridgehead atoms. The normalized spacial score (nSPS) is 12.3. The number of hydrogen-bond donors (Lipinski definition) is 1. The summed E-state index contributed by atoms with van der Waals surface area (Å²) < 4.78 is 0. The Morgan fingerprint density at radius 2 is 1.84 bits per heavy atom. The summed E-state index contributed by atoms with van der Waals surface area (Å²) in [4.78, 5) is 9.69. The smallest absolute Gasteiger partial charge is 0.135 e. The average molecular weight is 338 g/mol. The summed E-state index contributed by atoms with van der Waals surface area (Å²) in [5.41, 5.74) is 7.65. The van der Waals surface area contributed by atoms with Crippen molar-refractivity contribution in [2.75, 3.05) is 12.4 Å². The van der Waals surface area contributed by atoms with Crippen LogP contribution in [0, 0.1) is 19.8 Å². The van der Waals surface area contributed by atoms with Gasteiger partial charge in [-0.1, -0.05) is 34.3 Å². The lowest BCUT2D eigenvalue weighted by molar-refractivity contribution is 0.717. The molecular weight excluding hydrogens is 306 g/mol. The fourth-order valence-corrected chi connectivity index (χ4v) is 2.99. The van der Waals surface area contributed by atoms with Gasteiger partial charge < -0.3 is 5.32 Å². The molecule has 0 aromatic carbocycles. The molecule has 2 aromatic rings. The van der Waals surface area contributed by atoms with Crippen molar-refractivity contribution in [2.24, 2.45) is 5.92 Å². The average Bonchev–Trinajstić information content (AvgIpc) is 2.61. The topological polar surface area (TPSA) is 37.8 Å². The number of allylic oxidation sites excluding steroid dienone is 1. The first-order valence-electron chi connectivity index (χ1n) is 9.16. The molecule has 3 nitrogen and oxygen atoms in total. The Morgan fingerprint density at radius 1 is 1.16 bits per heavy atom. The monoisotopic (exact) mass is 337 g/mol. The first kappa shape index (κ1) is 19.2. The van der Waals surface area contributed by atoms with Gasteiger partial charge in [-0.3, -0.25) is 4.98 Å². The molecule has 134 valence electrons. The Balaban J connectivity index is 2.54. The number of hydrogen-bond acceptors (Lipinski definition) is 3. The Morgan fingerprint density at radius 3 is 2.40 bits per heavy atom. The van der Waals surface area contributed by atoms with Gasteiger partial charge >= 0.3 is 0 Å².